The number of anilines is 1. The first-order valence-electron chi connectivity index (χ1n) is 5.50. The van der Waals surface area contributed by atoms with Crippen LogP contribution in [-0.4, -0.2) is 22.7 Å². The number of hydrogen-bond donors (Lipinski definition) is 1. The van der Waals surface area contributed by atoms with Gasteiger partial charge in [-0.3, -0.25) is 10.1 Å². The summed E-state index contributed by atoms with van der Waals surface area (Å²) in [5.41, 5.74) is 0.0813. The molecule has 17 heavy (non-hydrogen) atoms. The van der Waals surface area contributed by atoms with Crippen LogP contribution in [0.5, 0.6) is 0 Å². The van der Waals surface area contributed by atoms with E-state index >= 15 is 0 Å². The molecule has 0 bridgehead atoms. The van der Waals surface area contributed by atoms with Crippen LogP contribution in [0.4, 0.5) is 11.5 Å². The SMILES string of the molecule is CNc1ccc([N+](=O)[O-])c(SCCC(C)C)n1. The van der Waals surface area contributed by atoms with Crippen LogP contribution in [0.15, 0.2) is 17.2 Å². The Morgan fingerprint density at radius 1 is 1.53 bits per heavy atom. The predicted octanol–water partition coefficient (Wildman–Crippen LogP) is 3.17. The minimum absolute atomic E-state index is 0.0813. The molecular formula is C11H17N3O2S. The van der Waals surface area contributed by atoms with Gasteiger partial charge in [0.15, 0.2) is 5.03 Å². The van der Waals surface area contributed by atoms with Crippen LogP contribution in [0.1, 0.15) is 20.3 Å². The molecule has 0 aliphatic heterocycles. The van der Waals surface area contributed by atoms with Gasteiger partial charge in [-0.15, -0.1) is 0 Å². The standard InChI is InChI=1S/C11H17N3O2S/c1-8(2)6-7-17-11-9(14(15)16)4-5-10(12-3)13-11/h4-5,8H,6-7H2,1-3H3,(H,12,13). The van der Waals surface area contributed by atoms with Crippen molar-refractivity contribution in [2.75, 3.05) is 18.1 Å². The highest BCUT2D eigenvalue weighted by atomic mass is 32.2. The number of thioether (sulfide) groups is 1. The van der Waals surface area contributed by atoms with E-state index in [9.17, 15) is 10.1 Å². The number of nitrogens with zero attached hydrogens (tertiary/aromatic N) is 2. The summed E-state index contributed by atoms with van der Waals surface area (Å²) in [6.45, 7) is 4.26. The van der Waals surface area contributed by atoms with Crippen molar-refractivity contribution in [1.29, 1.82) is 0 Å². The maximum atomic E-state index is 10.9. The van der Waals surface area contributed by atoms with Gasteiger partial charge in [0, 0.05) is 13.1 Å². The van der Waals surface area contributed by atoms with Crippen LogP contribution < -0.4 is 5.32 Å². The summed E-state index contributed by atoms with van der Waals surface area (Å²) in [6.07, 6.45) is 1.02. The molecule has 0 radical (unpaired) electrons. The van der Waals surface area contributed by atoms with Gasteiger partial charge in [0.25, 0.3) is 0 Å². The Hall–Kier alpha value is -1.30. The van der Waals surface area contributed by atoms with Crippen LogP contribution in [0, 0.1) is 16.0 Å². The van der Waals surface area contributed by atoms with E-state index < -0.39 is 0 Å². The van der Waals surface area contributed by atoms with Crippen molar-refractivity contribution in [2.45, 2.75) is 25.3 Å². The van der Waals surface area contributed by atoms with Crippen molar-refractivity contribution in [3.05, 3.63) is 22.2 Å². The summed E-state index contributed by atoms with van der Waals surface area (Å²) in [5, 5.41) is 14.2. The third kappa shape index (κ3) is 4.22. The number of aromatic nitrogens is 1. The van der Waals surface area contributed by atoms with Crippen LogP contribution in [0.25, 0.3) is 0 Å². The third-order valence-electron chi connectivity index (χ3n) is 2.23. The van der Waals surface area contributed by atoms with E-state index in [-0.39, 0.29) is 10.6 Å². The summed E-state index contributed by atoms with van der Waals surface area (Å²) < 4.78 is 0. The molecule has 1 aromatic rings. The Morgan fingerprint density at radius 3 is 2.76 bits per heavy atom. The van der Waals surface area contributed by atoms with Crippen LogP contribution >= 0.6 is 11.8 Å². The molecule has 94 valence electrons. The van der Waals surface area contributed by atoms with Crippen molar-refractivity contribution < 1.29 is 4.92 Å². The fraction of sp³-hybridized carbons (Fsp3) is 0.545. The minimum atomic E-state index is -0.385. The highest BCUT2D eigenvalue weighted by Crippen LogP contribution is 2.29. The van der Waals surface area contributed by atoms with E-state index in [2.05, 4.69) is 24.1 Å². The summed E-state index contributed by atoms with van der Waals surface area (Å²) in [4.78, 5) is 14.7. The zero-order valence-electron chi connectivity index (χ0n) is 10.3. The van der Waals surface area contributed by atoms with Crippen molar-refractivity contribution >= 4 is 23.3 Å². The third-order valence-corrected chi connectivity index (χ3v) is 3.24. The zero-order chi connectivity index (χ0) is 12.8. The molecule has 6 heteroatoms. The Bertz CT molecular complexity index is 396. The lowest BCUT2D eigenvalue weighted by Crippen LogP contribution is -1.99. The molecule has 0 spiro atoms. The summed E-state index contributed by atoms with van der Waals surface area (Å²) in [6, 6.07) is 3.11. The van der Waals surface area contributed by atoms with Gasteiger partial charge in [0.2, 0.25) is 0 Å². The fourth-order valence-corrected chi connectivity index (χ4v) is 2.44. The molecule has 0 aliphatic rings. The molecule has 1 aromatic heterocycles. The van der Waals surface area contributed by atoms with Crippen LogP contribution in [0.3, 0.4) is 0 Å². The average Bonchev–Trinajstić information content (AvgIpc) is 2.28. The van der Waals surface area contributed by atoms with Gasteiger partial charge in [-0.1, -0.05) is 25.6 Å². The van der Waals surface area contributed by atoms with E-state index in [1.54, 1.807) is 13.1 Å². The normalized spacial score (nSPS) is 10.6. The first-order valence-corrected chi connectivity index (χ1v) is 6.49. The van der Waals surface area contributed by atoms with Crippen LogP contribution in [-0.2, 0) is 0 Å². The molecule has 0 aromatic carbocycles. The molecule has 1 rings (SSSR count). The van der Waals surface area contributed by atoms with Crippen molar-refractivity contribution in [3.63, 3.8) is 0 Å². The van der Waals surface area contributed by atoms with Gasteiger partial charge in [-0.2, -0.15) is 0 Å². The maximum Gasteiger partial charge on any atom is 0.301 e. The molecule has 1 N–H and O–H groups in total. The van der Waals surface area contributed by atoms with E-state index in [1.165, 1.54) is 17.8 Å². The van der Waals surface area contributed by atoms with Gasteiger partial charge in [-0.05, 0) is 24.2 Å². The number of pyridine rings is 1. The van der Waals surface area contributed by atoms with Crippen molar-refractivity contribution in [2.24, 2.45) is 5.92 Å². The molecule has 0 amide bonds. The van der Waals surface area contributed by atoms with Gasteiger partial charge < -0.3 is 5.32 Å². The Morgan fingerprint density at radius 2 is 2.24 bits per heavy atom. The number of nitrogens with one attached hydrogen (secondary N) is 1. The predicted molar refractivity (Wildman–Crippen MR) is 70.6 cm³/mol. The Kier molecular flexibility index (Phi) is 5.21. The average molecular weight is 255 g/mol. The van der Waals surface area contributed by atoms with Crippen molar-refractivity contribution in [1.82, 2.24) is 4.98 Å². The Labute approximate surface area is 105 Å². The molecule has 0 aliphatic carbocycles. The monoisotopic (exact) mass is 255 g/mol. The molecule has 0 fully saturated rings. The molecule has 1 heterocycles. The highest BCUT2D eigenvalue weighted by molar-refractivity contribution is 7.99. The number of rotatable bonds is 6. The molecular weight excluding hydrogens is 238 g/mol. The lowest BCUT2D eigenvalue weighted by molar-refractivity contribution is -0.388. The van der Waals surface area contributed by atoms with Gasteiger partial charge >= 0.3 is 5.69 Å². The van der Waals surface area contributed by atoms with E-state index in [0.717, 1.165) is 12.2 Å². The molecule has 0 saturated carbocycles. The van der Waals surface area contributed by atoms with E-state index in [1.807, 2.05) is 0 Å². The number of hydrogen-bond acceptors (Lipinski definition) is 5. The second kappa shape index (κ2) is 6.44. The second-order valence-corrected chi connectivity index (χ2v) is 5.14. The summed E-state index contributed by atoms with van der Waals surface area (Å²) >= 11 is 1.44. The van der Waals surface area contributed by atoms with Gasteiger partial charge in [0.1, 0.15) is 5.82 Å². The number of nitro groups is 1. The molecule has 0 atom stereocenters. The summed E-state index contributed by atoms with van der Waals surface area (Å²) in [7, 11) is 1.75. The molecule has 0 unspecified atom stereocenters. The minimum Gasteiger partial charge on any atom is -0.373 e. The largest absolute Gasteiger partial charge is 0.373 e. The van der Waals surface area contributed by atoms with E-state index in [0.29, 0.717) is 16.8 Å². The first-order chi connectivity index (χ1) is 8.04. The second-order valence-electron chi connectivity index (χ2n) is 4.06. The Balaban J connectivity index is 2.82. The topological polar surface area (TPSA) is 68.1 Å². The quantitative estimate of drug-likeness (QED) is 0.480. The highest BCUT2D eigenvalue weighted by Gasteiger charge is 2.16. The van der Waals surface area contributed by atoms with Gasteiger partial charge in [-0.25, -0.2) is 4.98 Å². The lowest BCUT2D eigenvalue weighted by Gasteiger charge is -2.06. The molecule has 0 saturated heterocycles. The molecule has 5 nitrogen and oxygen atoms in total. The lowest BCUT2D eigenvalue weighted by atomic mass is 10.2. The fourth-order valence-electron chi connectivity index (χ4n) is 1.21. The maximum absolute atomic E-state index is 10.9. The summed E-state index contributed by atoms with van der Waals surface area (Å²) in [5.74, 6) is 2.09. The van der Waals surface area contributed by atoms with Crippen LogP contribution in [0.2, 0.25) is 0 Å². The zero-order valence-corrected chi connectivity index (χ0v) is 11.1. The smallest absolute Gasteiger partial charge is 0.301 e. The van der Waals surface area contributed by atoms with E-state index in [4.69, 9.17) is 0 Å². The van der Waals surface area contributed by atoms with Crippen molar-refractivity contribution in [3.8, 4) is 0 Å². The first kappa shape index (κ1) is 13.8. The van der Waals surface area contributed by atoms with Gasteiger partial charge in [0.05, 0.1) is 4.92 Å².